The molecule has 0 atom stereocenters. The van der Waals surface area contributed by atoms with Gasteiger partial charge >= 0.3 is 5.97 Å². The minimum atomic E-state index is -0.973. The molecule has 3 N–H and O–H groups in total. The van der Waals surface area contributed by atoms with E-state index in [1.54, 1.807) is 37.3 Å². The molecule has 0 aliphatic carbocycles. The molecule has 3 rings (SSSR count). The highest BCUT2D eigenvalue weighted by Gasteiger charge is 2.07. The second kappa shape index (κ2) is 7.31. The molecule has 3 aromatic rings. The number of nitrogens with zero attached hydrogens (tertiary/aromatic N) is 2. The second-order valence-corrected chi connectivity index (χ2v) is 6.16. The smallest absolute Gasteiger partial charge is 0.335 e. The Morgan fingerprint density at radius 2 is 1.72 bits per heavy atom. The lowest BCUT2D eigenvalue weighted by Crippen LogP contribution is -2.02. The molecule has 0 aliphatic rings. The molecule has 6 nitrogen and oxygen atoms in total. The van der Waals surface area contributed by atoms with Crippen LogP contribution in [0.4, 0.5) is 23.0 Å². The van der Waals surface area contributed by atoms with Crippen molar-refractivity contribution in [3.8, 4) is 0 Å². The topological polar surface area (TPSA) is 87.1 Å². The van der Waals surface area contributed by atoms with Gasteiger partial charge in [0.1, 0.15) is 17.5 Å². The normalized spacial score (nSPS) is 10.3. The number of aromatic carboxylic acids is 1. The highest BCUT2D eigenvalue weighted by molar-refractivity contribution is 9.10. The number of hydrogen-bond donors (Lipinski definition) is 3. The van der Waals surface area contributed by atoms with Gasteiger partial charge in [0.2, 0.25) is 0 Å². The lowest BCUT2D eigenvalue weighted by molar-refractivity contribution is 0.0697. The average molecular weight is 399 g/mol. The Balaban J connectivity index is 1.86. The standard InChI is InChI=1S/C18H15BrN4O2/c1-11-20-16(22-13-6-4-5-12(9-13)18(24)25)10-17(21-11)23-15-8-3-2-7-14(15)19/h2-10H,1H3,(H,24,25)(H2,20,21,22,23). The first-order valence-electron chi connectivity index (χ1n) is 7.49. The van der Waals surface area contributed by atoms with Crippen LogP contribution in [0.25, 0.3) is 0 Å². The van der Waals surface area contributed by atoms with Gasteiger partial charge in [-0.25, -0.2) is 14.8 Å². The van der Waals surface area contributed by atoms with E-state index in [2.05, 4.69) is 36.5 Å². The van der Waals surface area contributed by atoms with Gasteiger partial charge in [0.25, 0.3) is 0 Å². The molecule has 0 saturated heterocycles. The van der Waals surface area contributed by atoms with Crippen LogP contribution in [0, 0.1) is 6.92 Å². The molecule has 0 bridgehead atoms. The van der Waals surface area contributed by atoms with E-state index in [4.69, 9.17) is 5.11 Å². The molecule has 0 spiro atoms. The Bertz CT molecular complexity index is 930. The van der Waals surface area contributed by atoms with Crippen LogP contribution in [0.1, 0.15) is 16.2 Å². The van der Waals surface area contributed by atoms with Crippen molar-refractivity contribution >= 4 is 44.9 Å². The van der Waals surface area contributed by atoms with Crippen molar-refractivity contribution in [3.63, 3.8) is 0 Å². The average Bonchev–Trinajstić information content (AvgIpc) is 2.57. The second-order valence-electron chi connectivity index (χ2n) is 5.30. The summed E-state index contributed by atoms with van der Waals surface area (Å²) in [5.41, 5.74) is 1.74. The molecule has 0 aliphatic heterocycles. The van der Waals surface area contributed by atoms with E-state index < -0.39 is 5.97 Å². The maximum atomic E-state index is 11.1. The van der Waals surface area contributed by atoms with Gasteiger partial charge in [-0.05, 0) is 53.2 Å². The molecule has 1 heterocycles. The summed E-state index contributed by atoms with van der Waals surface area (Å²) in [6, 6.07) is 16.1. The minimum Gasteiger partial charge on any atom is -0.478 e. The summed E-state index contributed by atoms with van der Waals surface area (Å²) >= 11 is 3.49. The van der Waals surface area contributed by atoms with Crippen LogP contribution in [-0.2, 0) is 0 Å². The number of carboxylic acid groups (broad SMARTS) is 1. The van der Waals surface area contributed by atoms with Crippen LogP contribution in [0.5, 0.6) is 0 Å². The Hall–Kier alpha value is -2.93. The Morgan fingerprint density at radius 3 is 2.44 bits per heavy atom. The number of benzene rings is 2. The molecule has 1 aromatic heterocycles. The molecule has 0 amide bonds. The van der Waals surface area contributed by atoms with Gasteiger partial charge in [-0.3, -0.25) is 0 Å². The van der Waals surface area contributed by atoms with Gasteiger partial charge in [0.15, 0.2) is 0 Å². The number of halogens is 1. The highest BCUT2D eigenvalue weighted by Crippen LogP contribution is 2.26. The number of carboxylic acids is 1. The molecule has 2 aromatic carbocycles. The summed E-state index contributed by atoms with van der Waals surface area (Å²) in [5.74, 6) is 0.827. The molecule has 25 heavy (non-hydrogen) atoms. The summed E-state index contributed by atoms with van der Waals surface area (Å²) in [4.78, 5) is 19.8. The third-order valence-corrected chi connectivity index (χ3v) is 4.05. The first kappa shape index (κ1) is 16.9. The number of carbonyl (C=O) groups is 1. The molecule has 0 radical (unpaired) electrons. The van der Waals surface area contributed by atoms with Gasteiger partial charge < -0.3 is 15.7 Å². The van der Waals surface area contributed by atoms with E-state index >= 15 is 0 Å². The number of rotatable bonds is 5. The zero-order valence-corrected chi connectivity index (χ0v) is 14.9. The molecule has 7 heteroatoms. The van der Waals surface area contributed by atoms with Crippen molar-refractivity contribution in [1.82, 2.24) is 9.97 Å². The predicted molar refractivity (Wildman–Crippen MR) is 101 cm³/mol. The van der Waals surface area contributed by atoms with Gasteiger partial charge in [0.05, 0.1) is 11.3 Å². The summed E-state index contributed by atoms with van der Waals surface area (Å²) in [7, 11) is 0. The van der Waals surface area contributed by atoms with Crippen molar-refractivity contribution in [2.24, 2.45) is 0 Å². The minimum absolute atomic E-state index is 0.211. The maximum absolute atomic E-state index is 11.1. The number of aromatic nitrogens is 2. The largest absolute Gasteiger partial charge is 0.478 e. The van der Waals surface area contributed by atoms with E-state index in [1.807, 2.05) is 24.3 Å². The number of hydrogen-bond acceptors (Lipinski definition) is 5. The lowest BCUT2D eigenvalue weighted by atomic mass is 10.2. The van der Waals surface area contributed by atoms with Crippen molar-refractivity contribution in [1.29, 1.82) is 0 Å². The third kappa shape index (κ3) is 4.33. The zero-order valence-electron chi connectivity index (χ0n) is 13.3. The third-order valence-electron chi connectivity index (χ3n) is 3.36. The monoisotopic (exact) mass is 398 g/mol. The van der Waals surface area contributed by atoms with E-state index in [-0.39, 0.29) is 5.56 Å². The van der Waals surface area contributed by atoms with Crippen molar-refractivity contribution in [2.75, 3.05) is 10.6 Å². The van der Waals surface area contributed by atoms with Gasteiger partial charge in [-0.1, -0.05) is 18.2 Å². The van der Waals surface area contributed by atoms with Gasteiger partial charge in [-0.15, -0.1) is 0 Å². The number of nitrogens with one attached hydrogen (secondary N) is 2. The van der Waals surface area contributed by atoms with Crippen molar-refractivity contribution in [2.45, 2.75) is 6.92 Å². The first-order valence-corrected chi connectivity index (χ1v) is 8.28. The molecular weight excluding hydrogens is 384 g/mol. The molecular formula is C18H15BrN4O2. The van der Waals surface area contributed by atoms with Crippen LogP contribution in [0.3, 0.4) is 0 Å². The van der Waals surface area contributed by atoms with Crippen molar-refractivity contribution in [3.05, 3.63) is 70.5 Å². The molecule has 0 unspecified atom stereocenters. The fraction of sp³-hybridized carbons (Fsp3) is 0.0556. The summed E-state index contributed by atoms with van der Waals surface area (Å²) in [6.45, 7) is 1.80. The summed E-state index contributed by atoms with van der Waals surface area (Å²) < 4.78 is 0.926. The van der Waals surface area contributed by atoms with Crippen LogP contribution in [0.2, 0.25) is 0 Å². The van der Waals surface area contributed by atoms with Crippen molar-refractivity contribution < 1.29 is 9.90 Å². The number of anilines is 4. The maximum Gasteiger partial charge on any atom is 0.335 e. The molecule has 0 saturated carbocycles. The first-order chi connectivity index (χ1) is 12.0. The fourth-order valence-electron chi connectivity index (χ4n) is 2.27. The fourth-order valence-corrected chi connectivity index (χ4v) is 2.66. The zero-order chi connectivity index (χ0) is 17.8. The van der Waals surface area contributed by atoms with Crippen LogP contribution < -0.4 is 10.6 Å². The highest BCUT2D eigenvalue weighted by atomic mass is 79.9. The Kier molecular flexibility index (Phi) is 4.95. The van der Waals surface area contributed by atoms with Gasteiger partial charge in [-0.2, -0.15) is 0 Å². The van der Waals surface area contributed by atoms with E-state index in [0.29, 0.717) is 23.1 Å². The summed E-state index contributed by atoms with van der Waals surface area (Å²) in [5, 5.41) is 15.4. The van der Waals surface area contributed by atoms with E-state index in [0.717, 1.165) is 10.2 Å². The van der Waals surface area contributed by atoms with Crippen LogP contribution in [-0.4, -0.2) is 21.0 Å². The van der Waals surface area contributed by atoms with Crippen LogP contribution in [0.15, 0.2) is 59.1 Å². The SMILES string of the molecule is Cc1nc(Nc2cccc(C(=O)O)c2)cc(Nc2ccccc2Br)n1. The quantitative estimate of drug-likeness (QED) is 0.575. The Labute approximate surface area is 153 Å². The molecule has 0 fully saturated rings. The van der Waals surface area contributed by atoms with E-state index in [1.165, 1.54) is 0 Å². The van der Waals surface area contributed by atoms with Crippen LogP contribution >= 0.6 is 15.9 Å². The number of para-hydroxylation sites is 1. The van der Waals surface area contributed by atoms with Gasteiger partial charge in [0, 0.05) is 16.2 Å². The lowest BCUT2D eigenvalue weighted by Gasteiger charge is -2.11. The van der Waals surface area contributed by atoms with E-state index in [9.17, 15) is 4.79 Å². The summed E-state index contributed by atoms with van der Waals surface area (Å²) in [6.07, 6.45) is 0. The predicted octanol–water partition coefficient (Wildman–Crippen LogP) is 4.73. The molecule has 126 valence electrons. The Morgan fingerprint density at radius 1 is 1.00 bits per heavy atom. The number of aryl methyl sites for hydroxylation is 1.